The fraction of sp³-hybridized carbons (Fsp3) is 0.750. The van der Waals surface area contributed by atoms with Gasteiger partial charge in [-0.25, -0.2) is 4.98 Å². The zero-order valence-corrected chi connectivity index (χ0v) is 13.9. The lowest BCUT2D eigenvalue weighted by molar-refractivity contribution is 0.416. The Morgan fingerprint density at radius 1 is 1.14 bits per heavy atom. The Balaban J connectivity index is 1.72. The Hall–Kier alpha value is -1.40. The van der Waals surface area contributed by atoms with Gasteiger partial charge in [-0.3, -0.25) is 10.9 Å². The Bertz CT molecular complexity index is 522. The molecule has 1 aromatic heterocycles. The van der Waals surface area contributed by atoms with Gasteiger partial charge in [-0.05, 0) is 51.9 Å². The Kier molecular flexibility index (Phi) is 4.49. The molecule has 1 saturated heterocycles. The molecule has 6 heteroatoms. The van der Waals surface area contributed by atoms with Crippen LogP contribution in [0.2, 0.25) is 0 Å². The zero-order chi connectivity index (χ0) is 15.7. The van der Waals surface area contributed by atoms with E-state index in [9.17, 15) is 0 Å². The number of hydrogen-bond donors (Lipinski definition) is 3. The molecule has 1 fully saturated rings. The van der Waals surface area contributed by atoms with E-state index < -0.39 is 0 Å². The second-order valence-corrected chi connectivity index (χ2v) is 6.78. The molecule has 0 radical (unpaired) electrons. The third-order valence-corrected chi connectivity index (χ3v) is 5.16. The Morgan fingerprint density at radius 2 is 1.82 bits per heavy atom. The number of hydrogen-bond acceptors (Lipinski definition) is 6. The maximum Gasteiger partial charge on any atom is 0.222 e. The van der Waals surface area contributed by atoms with Gasteiger partial charge in [0.05, 0.1) is 5.69 Å². The number of rotatable bonds is 4. The summed E-state index contributed by atoms with van der Waals surface area (Å²) in [7, 11) is 2.13. The predicted molar refractivity (Wildman–Crippen MR) is 89.7 cm³/mol. The highest BCUT2D eigenvalue weighted by atomic mass is 15.4. The summed E-state index contributed by atoms with van der Waals surface area (Å²) in [6.45, 7) is 5.48. The number of nitrogens with two attached hydrogens (primary N) is 1. The standard InChI is InChI=1S/C16H28N6/c1-10-12(11(2)21-20-10)8-9-22(3)15-13-6-4-5-7-14(13)18-16(17)19-15/h10-12,20-21H,4-9H2,1-3H3,(H2,17,18,19). The predicted octanol–water partition coefficient (Wildman–Crippen LogP) is 1.26. The minimum atomic E-state index is 0.411. The molecule has 2 heterocycles. The molecule has 0 amide bonds. The minimum absolute atomic E-state index is 0.411. The van der Waals surface area contributed by atoms with Gasteiger partial charge in [0.2, 0.25) is 5.95 Å². The summed E-state index contributed by atoms with van der Waals surface area (Å²) in [5, 5.41) is 0. The molecular formula is C16H28N6. The SMILES string of the molecule is CC1NNC(C)C1CCN(C)c1nc(N)nc2c1CCCC2. The molecule has 2 unspecified atom stereocenters. The largest absolute Gasteiger partial charge is 0.368 e. The van der Waals surface area contributed by atoms with Gasteiger partial charge in [0.15, 0.2) is 0 Å². The first kappa shape index (κ1) is 15.5. The van der Waals surface area contributed by atoms with E-state index in [1.54, 1.807) is 0 Å². The smallest absolute Gasteiger partial charge is 0.222 e. The van der Waals surface area contributed by atoms with E-state index in [-0.39, 0.29) is 0 Å². The van der Waals surface area contributed by atoms with Crippen molar-refractivity contribution in [3.8, 4) is 0 Å². The van der Waals surface area contributed by atoms with Gasteiger partial charge in [-0.2, -0.15) is 4.98 Å². The molecule has 0 bridgehead atoms. The van der Waals surface area contributed by atoms with Gasteiger partial charge in [-0.1, -0.05) is 0 Å². The topological polar surface area (TPSA) is 79.1 Å². The van der Waals surface area contributed by atoms with Crippen LogP contribution in [0, 0.1) is 5.92 Å². The second-order valence-electron chi connectivity index (χ2n) is 6.78. The average Bonchev–Trinajstić information content (AvgIpc) is 2.82. The van der Waals surface area contributed by atoms with Gasteiger partial charge >= 0.3 is 0 Å². The Morgan fingerprint density at radius 3 is 2.55 bits per heavy atom. The van der Waals surface area contributed by atoms with Crippen molar-refractivity contribution < 1.29 is 0 Å². The van der Waals surface area contributed by atoms with Crippen molar-refractivity contribution in [1.29, 1.82) is 0 Å². The lowest BCUT2D eigenvalue weighted by Gasteiger charge is -2.27. The zero-order valence-electron chi connectivity index (χ0n) is 13.9. The monoisotopic (exact) mass is 304 g/mol. The minimum Gasteiger partial charge on any atom is -0.368 e. The second kappa shape index (κ2) is 6.38. The van der Waals surface area contributed by atoms with Gasteiger partial charge in [0.25, 0.3) is 0 Å². The number of nitrogens with zero attached hydrogens (tertiary/aromatic N) is 3. The number of aromatic nitrogens is 2. The number of aryl methyl sites for hydroxylation is 1. The summed E-state index contributed by atoms with van der Waals surface area (Å²) >= 11 is 0. The number of fused-ring (bicyclic) bond motifs is 1. The number of nitrogen functional groups attached to an aromatic ring is 1. The average molecular weight is 304 g/mol. The number of nitrogens with one attached hydrogen (secondary N) is 2. The lowest BCUT2D eigenvalue weighted by atomic mass is 9.92. The van der Waals surface area contributed by atoms with Gasteiger partial charge in [0.1, 0.15) is 5.82 Å². The van der Waals surface area contributed by atoms with Crippen molar-refractivity contribution in [2.45, 2.75) is 58.0 Å². The molecule has 1 aliphatic carbocycles. The fourth-order valence-corrected chi connectivity index (χ4v) is 3.77. The number of anilines is 2. The molecule has 2 atom stereocenters. The van der Waals surface area contributed by atoms with Gasteiger partial charge in [0, 0.05) is 31.2 Å². The highest BCUT2D eigenvalue weighted by molar-refractivity contribution is 5.52. The first-order valence-electron chi connectivity index (χ1n) is 8.43. The van der Waals surface area contributed by atoms with Crippen LogP contribution in [0.3, 0.4) is 0 Å². The fourth-order valence-electron chi connectivity index (χ4n) is 3.77. The summed E-state index contributed by atoms with van der Waals surface area (Å²) in [4.78, 5) is 11.2. The van der Waals surface area contributed by atoms with Crippen LogP contribution >= 0.6 is 0 Å². The first-order chi connectivity index (χ1) is 10.6. The quantitative estimate of drug-likeness (QED) is 0.777. The molecule has 6 nitrogen and oxygen atoms in total. The number of hydrazine groups is 1. The summed E-state index contributed by atoms with van der Waals surface area (Å²) in [6, 6.07) is 1.01. The summed E-state index contributed by atoms with van der Waals surface area (Å²) in [5.74, 6) is 2.09. The van der Waals surface area contributed by atoms with Crippen LogP contribution in [0.5, 0.6) is 0 Å². The van der Waals surface area contributed by atoms with E-state index in [0.29, 0.717) is 23.9 Å². The third kappa shape index (κ3) is 3.03. The third-order valence-electron chi connectivity index (χ3n) is 5.16. The highest BCUT2D eigenvalue weighted by Crippen LogP contribution is 2.29. The first-order valence-corrected chi connectivity index (χ1v) is 8.43. The van der Waals surface area contributed by atoms with Crippen LogP contribution in [-0.2, 0) is 12.8 Å². The van der Waals surface area contributed by atoms with E-state index in [2.05, 4.69) is 46.6 Å². The molecule has 0 saturated carbocycles. The molecule has 122 valence electrons. The van der Waals surface area contributed by atoms with E-state index in [4.69, 9.17) is 5.73 Å². The van der Waals surface area contributed by atoms with Crippen LogP contribution in [0.25, 0.3) is 0 Å². The molecule has 2 aliphatic rings. The molecule has 3 rings (SSSR count). The van der Waals surface area contributed by atoms with Crippen molar-refractivity contribution in [2.24, 2.45) is 5.92 Å². The van der Waals surface area contributed by atoms with Crippen LogP contribution in [0.4, 0.5) is 11.8 Å². The maximum atomic E-state index is 5.91. The van der Waals surface area contributed by atoms with Crippen LogP contribution in [0.1, 0.15) is 44.4 Å². The molecule has 4 N–H and O–H groups in total. The summed E-state index contributed by atoms with van der Waals surface area (Å²) in [5.41, 5.74) is 15.0. The van der Waals surface area contributed by atoms with Crippen LogP contribution < -0.4 is 21.5 Å². The molecule has 22 heavy (non-hydrogen) atoms. The van der Waals surface area contributed by atoms with Crippen molar-refractivity contribution in [2.75, 3.05) is 24.2 Å². The molecule has 1 aromatic rings. The van der Waals surface area contributed by atoms with E-state index >= 15 is 0 Å². The van der Waals surface area contributed by atoms with E-state index in [1.807, 2.05) is 0 Å². The molecular weight excluding hydrogens is 276 g/mol. The van der Waals surface area contributed by atoms with E-state index in [0.717, 1.165) is 37.3 Å². The summed E-state index contributed by atoms with van der Waals surface area (Å²) in [6.07, 6.45) is 5.69. The van der Waals surface area contributed by atoms with Gasteiger partial charge in [-0.15, -0.1) is 0 Å². The van der Waals surface area contributed by atoms with Crippen LogP contribution in [0.15, 0.2) is 0 Å². The van der Waals surface area contributed by atoms with E-state index in [1.165, 1.54) is 18.4 Å². The van der Waals surface area contributed by atoms with Crippen molar-refractivity contribution in [3.05, 3.63) is 11.3 Å². The lowest BCUT2D eigenvalue weighted by Crippen LogP contribution is -2.30. The van der Waals surface area contributed by atoms with Crippen molar-refractivity contribution >= 4 is 11.8 Å². The maximum absolute atomic E-state index is 5.91. The van der Waals surface area contributed by atoms with Crippen LogP contribution in [-0.4, -0.2) is 35.6 Å². The molecule has 1 aliphatic heterocycles. The Labute approximate surface area is 132 Å². The van der Waals surface area contributed by atoms with Crippen molar-refractivity contribution in [3.63, 3.8) is 0 Å². The normalized spacial score (nSPS) is 27.7. The van der Waals surface area contributed by atoms with Crippen molar-refractivity contribution in [1.82, 2.24) is 20.8 Å². The molecule has 0 spiro atoms. The highest BCUT2D eigenvalue weighted by Gasteiger charge is 2.30. The summed E-state index contributed by atoms with van der Waals surface area (Å²) < 4.78 is 0. The molecule has 0 aromatic carbocycles. The van der Waals surface area contributed by atoms with Gasteiger partial charge < -0.3 is 10.6 Å².